The van der Waals surface area contributed by atoms with Crippen molar-refractivity contribution in [2.24, 2.45) is 35.5 Å². The normalized spacial score (nSPS) is 20.4. The van der Waals surface area contributed by atoms with Crippen molar-refractivity contribution in [2.45, 2.75) is 249 Å². The van der Waals surface area contributed by atoms with Crippen molar-refractivity contribution >= 4 is 5.97 Å². The van der Waals surface area contributed by atoms with Crippen molar-refractivity contribution in [3.05, 3.63) is 38.9 Å². The molecule has 0 saturated carbocycles. The van der Waals surface area contributed by atoms with Crippen LogP contribution in [0, 0.1) is 63.2 Å². The molecule has 6 nitrogen and oxygen atoms in total. The van der Waals surface area contributed by atoms with Gasteiger partial charge in [0.2, 0.25) is 0 Å². The lowest BCUT2D eigenvalue weighted by molar-refractivity contribution is 0.0492. The molecule has 2 aromatic rings. The van der Waals surface area contributed by atoms with E-state index < -0.39 is 5.97 Å². The van der Waals surface area contributed by atoms with Crippen LogP contribution < -0.4 is 14.2 Å². The first-order valence-corrected chi connectivity index (χ1v) is 25.9. The molecule has 2 heterocycles. The van der Waals surface area contributed by atoms with Gasteiger partial charge in [-0.25, -0.2) is 4.79 Å². The van der Waals surface area contributed by atoms with E-state index in [4.69, 9.17) is 14.2 Å². The van der Waals surface area contributed by atoms with Gasteiger partial charge < -0.3 is 24.4 Å². The standard InChI is InChI=1S/C57H94O6/c1-37(2)21-15-23-39(5)25-17-27-41(7)29-19-33-56(13)35-31-47-49(55(59)60)53(46(12)45(11)51(47)62-56)61-54-48-32-36-57(14,63-52(48)44(10)43(9)50(54)58)34-20-30-42(8)28-18-26-40(6)24-16-22-38(3)4/h37-42,58H,15-36H2,1-14H3,(H,59,60)/t39-,40-,41-,42-,56-,57-/m1/s1. The molecule has 6 atom stereocenters. The number of hydrogen-bond acceptors (Lipinski definition) is 5. The summed E-state index contributed by atoms with van der Waals surface area (Å²) in [7, 11) is 0. The van der Waals surface area contributed by atoms with Crippen LogP contribution in [0.5, 0.6) is 28.7 Å². The fourth-order valence-electron chi connectivity index (χ4n) is 10.6. The van der Waals surface area contributed by atoms with E-state index in [2.05, 4.69) is 69.2 Å². The zero-order valence-electron chi connectivity index (χ0n) is 43.0. The highest BCUT2D eigenvalue weighted by Gasteiger charge is 2.39. The van der Waals surface area contributed by atoms with Crippen LogP contribution in [0.3, 0.4) is 0 Å². The number of phenols is 1. The van der Waals surface area contributed by atoms with E-state index >= 15 is 0 Å². The molecule has 0 fully saturated rings. The van der Waals surface area contributed by atoms with Gasteiger partial charge in [-0.05, 0) is 145 Å². The number of fused-ring (bicyclic) bond motifs is 2. The number of aromatic carboxylic acids is 1. The fraction of sp³-hybridized carbons (Fsp3) is 0.772. The van der Waals surface area contributed by atoms with Crippen LogP contribution in [0.15, 0.2) is 0 Å². The molecule has 0 aromatic heterocycles. The molecule has 2 aliphatic heterocycles. The summed E-state index contributed by atoms with van der Waals surface area (Å²) in [6.07, 6.45) is 25.3. The van der Waals surface area contributed by atoms with Crippen LogP contribution in [-0.2, 0) is 12.8 Å². The van der Waals surface area contributed by atoms with Crippen LogP contribution in [0.25, 0.3) is 0 Å². The molecule has 0 aliphatic carbocycles. The van der Waals surface area contributed by atoms with Crippen molar-refractivity contribution in [1.82, 2.24) is 0 Å². The number of carbonyl (C=O) groups is 1. The molecule has 0 unspecified atom stereocenters. The molecule has 0 spiro atoms. The number of rotatable bonds is 27. The fourth-order valence-corrected chi connectivity index (χ4v) is 10.6. The van der Waals surface area contributed by atoms with Crippen LogP contribution in [0.2, 0.25) is 0 Å². The van der Waals surface area contributed by atoms with Gasteiger partial charge in [-0.15, -0.1) is 0 Å². The Kier molecular flexibility index (Phi) is 20.1. The first-order chi connectivity index (χ1) is 29.6. The van der Waals surface area contributed by atoms with E-state index in [0.29, 0.717) is 53.1 Å². The van der Waals surface area contributed by atoms with Gasteiger partial charge in [0.25, 0.3) is 0 Å². The predicted molar refractivity (Wildman–Crippen MR) is 265 cm³/mol. The number of carboxylic acids is 1. The third kappa shape index (κ3) is 15.1. The maximum absolute atomic E-state index is 13.2. The average Bonchev–Trinajstić information content (AvgIpc) is 3.20. The Hall–Kier alpha value is -2.89. The van der Waals surface area contributed by atoms with Gasteiger partial charge in [-0.3, -0.25) is 0 Å². The van der Waals surface area contributed by atoms with Crippen LogP contribution in [-0.4, -0.2) is 27.4 Å². The number of benzene rings is 2. The number of carboxylic acid groups (broad SMARTS) is 1. The Balaban J connectivity index is 1.40. The zero-order valence-corrected chi connectivity index (χ0v) is 43.0. The minimum absolute atomic E-state index is 0.0573. The summed E-state index contributed by atoms with van der Waals surface area (Å²) in [5.41, 5.74) is 4.23. The van der Waals surface area contributed by atoms with E-state index in [-0.39, 0.29) is 22.5 Å². The van der Waals surface area contributed by atoms with Gasteiger partial charge >= 0.3 is 5.97 Å². The first kappa shape index (κ1) is 52.7. The van der Waals surface area contributed by atoms with Gasteiger partial charge in [0, 0.05) is 16.7 Å². The molecule has 358 valence electrons. The van der Waals surface area contributed by atoms with Crippen molar-refractivity contribution in [3.8, 4) is 28.7 Å². The van der Waals surface area contributed by atoms with Gasteiger partial charge in [-0.1, -0.05) is 145 Å². The molecule has 0 radical (unpaired) electrons. The SMILES string of the molecule is Cc1c(C)c2c(c(Oc3c(C)c(C)c4c(c3C(=O)O)CC[C@@](C)(CCC[C@H](C)CCC[C@H](C)CCCC(C)C)O4)c1O)CC[C@@](C)(CCC[C@H](C)CCC[C@H](C)CCCC(C)C)O2. The molecule has 0 amide bonds. The smallest absolute Gasteiger partial charge is 0.339 e. The Bertz CT molecular complexity index is 1770. The van der Waals surface area contributed by atoms with E-state index in [0.717, 1.165) is 90.2 Å². The topological polar surface area (TPSA) is 85.2 Å². The van der Waals surface area contributed by atoms with Gasteiger partial charge in [0.15, 0.2) is 11.5 Å². The molecule has 0 bridgehead atoms. The van der Waals surface area contributed by atoms with Crippen LogP contribution in [0.1, 0.15) is 241 Å². The Morgan fingerprint density at radius 2 is 0.905 bits per heavy atom. The molecular formula is C57H94O6. The van der Waals surface area contributed by atoms with Gasteiger partial charge in [-0.2, -0.15) is 0 Å². The third-order valence-corrected chi connectivity index (χ3v) is 15.5. The molecule has 6 heteroatoms. The van der Waals surface area contributed by atoms with Gasteiger partial charge in [0.1, 0.15) is 34.0 Å². The minimum atomic E-state index is -1.04. The third-order valence-electron chi connectivity index (χ3n) is 15.5. The maximum atomic E-state index is 13.2. The quantitative estimate of drug-likeness (QED) is 0.0930. The Morgan fingerprint density at radius 3 is 1.32 bits per heavy atom. The summed E-state index contributed by atoms with van der Waals surface area (Å²) >= 11 is 0. The van der Waals surface area contributed by atoms with E-state index in [1.165, 1.54) is 89.9 Å². The molecule has 2 aliphatic rings. The lowest BCUT2D eigenvalue weighted by atomic mass is 9.83. The number of phenolic OH excluding ortho intramolecular Hbond substituents is 1. The molecule has 2 N–H and O–H groups in total. The summed E-state index contributed by atoms with van der Waals surface area (Å²) in [6, 6.07) is 0. The van der Waals surface area contributed by atoms with E-state index in [1.807, 2.05) is 27.7 Å². The van der Waals surface area contributed by atoms with Crippen molar-refractivity contribution in [2.75, 3.05) is 0 Å². The lowest BCUT2D eigenvalue weighted by Gasteiger charge is -2.39. The highest BCUT2D eigenvalue weighted by atomic mass is 16.5. The Labute approximate surface area is 386 Å². The second kappa shape index (κ2) is 24.0. The summed E-state index contributed by atoms with van der Waals surface area (Å²) in [5.74, 6) is 5.73. The molecule has 63 heavy (non-hydrogen) atoms. The Morgan fingerprint density at radius 1 is 0.540 bits per heavy atom. The highest BCUT2D eigenvalue weighted by molar-refractivity contribution is 5.95. The molecule has 2 aromatic carbocycles. The van der Waals surface area contributed by atoms with Crippen molar-refractivity contribution < 1.29 is 29.2 Å². The summed E-state index contributed by atoms with van der Waals surface area (Å²) < 4.78 is 20.5. The van der Waals surface area contributed by atoms with Crippen molar-refractivity contribution in [1.29, 1.82) is 0 Å². The average molecular weight is 875 g/mol. The van der Waals surface area contributed by atoms with Crippen LogP contribution >= 0.6 is 0 Å². The summed E-state index contributed by atoms with van der Waals surface area (Å²) in [6.45, 7) is 31.2. The number of ether oxygens (including phenoxy) is 3. The number of aromatic hydroxyl groups is 1. The summed E-state index contributed by atoms with van der Waals surface area (Å²) in [5, 5.41) is 22.5. The maximum Gasteiger partial charge on any atom is 0.339 e. The van der Waals surface area contributed by atoms with E-state index in [1.54, 1.807) is 0 Å². The van der Waals surface area contributed by atoms with Gasteiger partial charge in [0.05, 0.1) is 0 Å². The lowest BCUT2D eigenvalue weighted by Crippen LogP contribution is -2.37. The molecule has 0 saturated heterocycles. The number of hydrogen-bond donors (Lipinski definition) is 2. The minimum Gasteiger partial charge on any atom is -0.504 e. The van der Waals surface area contributed by atoms with Crippen molar-refractivity contribution in [3.63, 3.8) is 0 Å². The van der Waals surface area contributed by atoms with Crippen LogP contribution in [0.4, 0.5) is 0 Å². The monoisotopic (exact) mass is 875 g/mol. The predicted octanol–water partition coefficient (Wildman–Crippen LogP) is 17.2. The molecule has 4 rings (SSSR count). The van der Waals surface area contributed by atoms with E-state index in [9.17, 15) is 15.0 Å². The highest BCUT2D eigenvalue weighted by Crippen LogP contribution is 2.53. The second-order valence-corrected chi connectivity index (χ2v) is 22.7. The second-order valence-electron chi connectivity index (χ2n) is 22.7. The first-order valence-electron chi connectivity index (χ1n) is 25.9. The largest absolute Gasteiger partial charge is 0.504 e. The zero-order chi connectivity index (χ0) is 46.6. The molecular weight excluding hydrogens is 781 g/mol. The summed E-state index contributed by atoms with van der Waals surface area (Å²) in [4.78, 5) is 13.2.